The summed E-state index contributed by atoms with van der Waals surface area (Å²) in [5.74, 6) is 1.74. The molecule has 1 heterocycles. The third kappa shape index (κ3) is 3.80. The maximum absolute atomic E-state index is 12.5. The van der Waals surface area contributed by atoms with Crippen LogP contribution in [0.25, 0.3) is 0 Å². The van der Waals surface area contributed by atoms with Gasteiger partial charge in [-0.05, 0) is 55.8 Å². The third-order valence-corrected chi connectivity index (χ3v) is 4.46. The van der Waals surface area contributed by atoms with E-state index in [1.807, 2.05) is 18.7 Å². The highest BCUT2D eigenvalue weighted by Gasteiger charge is 2.29. The molecule has 2 N–H and O–H groups in total. The molecule has 0 saturated carbocycles. The van der Waals surface area contributed by atoms with E-state index >= 15 is 0 Å². The summed E-state index contributed by atoms with van der Waals surface area (Å²) in [4.78, 5) is 14.4. The molecule has 1 aromatic rings. The van der Waals surface area contributed by atoms with Crippen LogP contribution in [0, 0.1) is 12.8 Å². The Morgan fingerprint density at radius 1 is 1.41 bits per heavy atom. The van der Waals surface area contributed by atoms with Crippen molar-refractivity contribution in [3.63, 3.8) is 0 Å². The number of hydrogen-bond donors (Lipinski definition) is 1. The molecule has 0 aromatic heterocycles. The maximum atomic E-state index is 12.5. The lowest BCUT2D eigenvalue weighted by molar-refractivity contribution is -0.137. The topological polar surface area (TPSA) is 55.6 Å². The Balaban J connectivity index is 2.04. The average molecular weight is 304 g/mol. The normalized spacial score (nSPS) is 19.5. The fourth-order valence-electron chi connectivity index (χ4n) is 2.83. The quantitative estimate of drug-likeness (QED) is 0.910. The molecule has 1 fully saturated rings. The van der Waals surface area contributed by atoms with Crippen molar-refractivity contribution in [2.24, 2.45) is 11.7 Å². The molecule has 0 aliphatic carbocycles. The number of likely N-dealkylation sites (tertiary alicyclic amines) is 1. The summed E-state index contributed by atoms with van der Waals surface area (Å²) in [7, 11) is 0. The summed E-state index contributed by atoms with van der Waals surface area (Å²) < 4.78 is 5.96. The van der Waals surface area contributed by atoms with Gasteiger partial charge < -0.3 is 15.4 Å². The minimum Gasteiger partial charge on any atom is -0.481 e. The molecule has 1 aliphatic heterocycles. The number of rotatable bonds is 5. The van der Waals surface area contributed by atoms with Crippen LogP contribution in [0.15, 0.2) is 18.2 Å². The van der Waals surface area contributed by atoms with Crippen LogP contribution in [0.1, 0.15) is 44.2 Å². The molecule has 122 valence electrons. The van der Waals surface area contributed by atoms with Crippen LogP contribution in [0.5, 0.6) is 5.75 Å². The highest BCUT2D eigenvalue weighted by atomic mass is 16.5. The van der Waals surface area contributed by atoms with E-state index < -0.39 is 6.10 Å². The second-order valence-electron chi connectivity index (χ2n) is 6.61. The number of aryl methyl sites for hydroxylation is 1. The fourth-order valence-corrected chi connectivity index (χ4v) is 2.83. The summed E-state index contributed by atoms with van der Waals surface area (Å²) >= 11 is 0. The van der Waals surface area contributed by atoms with Crippen LogP contribution in [0.4, 0.5) is 0 Å². The molecule has 1 aromatic carbocycles. The second kappa shape index (κ2) is 7.14. The Morgan fingerprint density at radius 3 is 2.73 bits per heavy atom. The van der Waals surface area contributed by atoms with Crippen molar-refractivity contribution in [1.82, 2.24) is 4.90 Å². The lowest BCUT2D eigenvalue weighted by Gasteiger charge is -2.23. The number of ether oxygens (including phenoxy) is 1. The van der Waals surface area contributed by atoms with E-state index in [2.05, 4.69) is 32.0 Å². The van der Waals surface area contributed by atoms with Gasteiger partial charge in [0.2, 0.25) is 0 Å². The smallest absolute Gasteiger partial charge is 0.263 e. The molecule has 2 rings (SSSR count). The number of nitrogens with zero attached hydrogens (tertiary/aromatic N) is 1. The molecular weight excluding hydrogens is 276 g/mol. The van der Waals surface area contributed by atoms with Crippen molar-refractivity contribution in [3.8, 4) is 5.75 Å². The molecule has 1 aliphatic rings. The van der Waals surface area contributed by atoms with E-state index in [0.717, 1.165) is 30.8 Å². The lowest BCUT2D eigenvalue weighted by Crippen LogP contribution is -2.39. The van der Waals surface area contributed by atoms with Crippen molar-refractivity contribution in [1.29, 1.82) is 0 Å². The Kier molecular flexibility index (Phi) is 5.46. The Morgan fingerprint density at radius 2 is 2.14 bits per heavy atom. The van der Waals surface area contributed by atoms with E-state index in [9.17, 15) is 4.79 Å². The third-order valence-electron chi connectivity index (χ3n) is 4.46. The number of nitrogens with two attached hydrogens (primary N) is 1. The van der Waals surface area contributed by atoms with Crippen LogP contribution >= 0.6 is 0 Å². The van der Waals surface area contributed by atoms with Gasteiger partial charge in [0.05, 0.1) is 0 Å². The molecule has 1 saturated heterocycles. The first-order valence-corrected chi connectivity index (χ1v) is 8.18. The van der Waals surface area contributed by atoms with Gasteiger partial charge in [0, 0.05) is 13.1 Å². The van der Waals surface area contributed by atoms with Gasteiger partial charge in [-0.2, -0.15) is 0 Å². The van der Waals surface area contributed by atoms with E-state index in [-0.39, 0.29) is 5.91 Å². The summed E-state index contributed by atoms with van der Waals surface area (Å²) in [6.07, 6.45) is 0.536. The highest BCUT2D eigenvalue weighted by Crippen LogP contribution is 2.26. The first kappa shape index (κ1) is 16.8. The van der Waals surface area contributed by atoms with Gasteiger partial charge in [-0.3, -0.25) is 4.79 Å². The first-order chi connectivity index (χ1) is 10.4. The Hall–Kier alpha value is -1.55. The molecular formula is C18H28N2O2. The van der Waals surface area contributed by atoms with E-state index in [0.29, 0.717) is 18.4 Å². The predicted octanol–water partition coefficient (Wildman–Crippen LogP) is 2.69. The predicted molar refractivity (Wildman–Crippen MR) is 89.1 cm³/mol. The number of amides is 1. The average Bonchev–Trinajstić information content (AvgIpc) is 2.97. The van der Waals surface area contributed by atoms with Crippen LogP contribution in [-0.4, -0.2) is 36.5 Å². The van der Waals surface area contributed by atoms with Gasteiger partial charge in [-0.1, -0.05) is 26.0 Å². The Labute approximate surface area is 133 Å². The lowest BCUT2D eigenvalue weighted by atomic mass is 10.0. The van der Waals surface area contributed by atoms with Gasteiger partial charge in [-0.25, -0.2) is 0 Å². The highest BCUT2D eigenvalue weighted by molar-refractivity contribution is 5.81. The molecule has 0 spiro atoms. The number of carbonyl (C=O) groups is 1. The van der Waals surface area contributed by atoms with Crippen molar-refractivity contribution in [3.05, 3.63) is 29.3 Å². The van der Waals surface area contributed by atoms with E-state index in [1.54, 1.807) is 0 Å². The molecule has 22 heavy (non-hydrogen) atoms. The van der Waals surface area contributed by atoms with Crippen molar-refractivity contribution in [2.75, 3.05) is 19.6 Å². The zero-order valence-electron chi connectivity index (χ0n) is 14.1. The summed E-state index contributed by atoms with van der Waals surface area (Å²) in [5.41, 5.74) is 7.98. The Bertz CT molecular complexity index is 528. The van der Waals surface area contributed by atoms with Gasteiger partial charge in [-0.15, -0.1) is 0 Å². The summed E-state index contributed by atoms with van der Waals surface area (Å²) in [6.45, 7) is 10.3. The number of benzene rings is 1. The SMILES string of the molecule is Cc1ccc(C(C)C)cc1O[C@@H](C)C(=O)N1CC[C@@H](CN)C1. The van der Waals surface area contributed by atoms with Gasteiger partial charge >= 0.3 is 0 Å². The van der Waals surface area contributed by atoms with Gasteiger partial charge in [0.1, 0.15) is 5.75 Å². The second-order valence-corrected chi connectivity index (χ2v) is 6.61. The van der Waals surface area contributed by atoms with Crippen molar-refractivity contribution >= 4 is 5.91 Å². The van der Waals surface area contributed by atoms with Gasteiger partial charge in [0.15, 0.2) is 6.10 Å². The minimum atomic E-state index is -0.461. The summed E-state index contributed by atoms with van der Waals surface area (Å²) in [5, 5.41) is 0. The van der Waals surface area contributed by atoms with E-state index in [1.165, 1.54) is 5.56 Å². The number of carbonyl (C=O) groups excluding carboxylic acids is 1. The largest absolute Gasteiger partial charge is 0.481 e. The van der Waals surface area contributed by atoms with Crippen LogP contribution < -0.4 is 10.5 Å². The first-order valence-electron chi connectivity index (χ1n) is 8.18. The monoisotopic (exact) mass is 304 g/mol. The van der Waals surface area contributed by atoms with Gasteiger partial charge in [0.25, 0.3) is 5.91 Å². The number of hydrogen-bond acceptors (Lipinski definition) is 3. The van der Waals surface area contributed by atoms with Crippen LogP contribution in [0.2, 0.25) is 0 Å². The van der Waals surface area contributed by atoms with Crippen LogP contribution in [0.3, 0.4) is 0 Å². The minimum absolute atomic E-state index is 0.0605. The molecule has 4 nitrogen and oxygen atoms in total. The molecule has 0 radical (unpaired) electrons. The van der Waals surface area contributed by atoms with E-state index in [4.69, 9.17) is 10.5 Å². The fraction of sp³-hybridized carbons (Fsp3) is 0.611. The molecule has 0 bridgehead atoms. The summed E-state index contributed by atoms with van der Waals surface area (Å²) in [6, 6.07) is 6.23. The molecule has 2 atom stereocenters. The van der Waals surface area contributed by atoms with Crippen LogP contribution in [-0.2, 0) is 4.79 Å². The molecule has 4 heteroatoms. The zero-order chi connectivity index (χ0) is 16.3. The molecule has 0 unspecified atom stereocenters. The molecule has 1 amide bonds. The maximum Gasteiger partial charge on any atom is 0.263 e. The standard InChI is InChI=1S/C18H28N2O2/c1-12(2)16-6-5-13(3)17(9-16)22-14(4)18(21)20-8-7-15(10-19)11-20/h5-6,9,12,14-15H,7-8,10-11,19H2,1-4H3/t14-,15-/m0/s1. The van der Waals surface area contributed by atoms with Crippen molar-refractivity contribution in [2.45, 2.75) is 46.1 Å². The van der Waals surface area contributed by atoms with Crippen molar-refractivity contribution < 1.29 is 9.53 Å². The zero-order valence-corrected chi connectivity index (χ0v) is 14.1.